The fraction of sp³-hybridized carbons (Fsp3) is 0.0500. The number of aromatic nitrogens is 7. The van der Waals surface area contributed by atoms with Crippen molar-refractivity contribution < 1.29 is 0 Å². The van der Waals surface area contributed by atoms with Gasteiger partial charge < -0.3 is 5.73 Å². The SMILES string of the molecule is C/C=C\c1cc(-c2ccc3c(c2)c2cc4c(cc2n3-c2ccccn2)-c2ccc3c5cc(-c6cc7cccnc7c7ncccc67)ccc5n(-c5ccccn5)c3c2CC4)c2cccnc2c1N. The monoisotopic (exact) mass is 872 g/mol. The number of benzene rings is 6. The third-order valence-corrected chi connectivity index (χ3v) is 14.1. The van der Waals surface area contributed by atoms with Crippen LogP contribution in [0.5, 0.6) is 0 Å². The first-order chi connectivity index (χ1) is 33.6. The minimum atomic E-state index is 0.690. The zero-order chi connectivity index (χ0) is 45.0. The van der Waals surface area contributed by atoms with Crippen LogP contribution in [0.4, 0.5) is 5.69 Å². The topological polar surface area (TPSA) is 100 Å². The fourth-order valence-corrected chi connectivity index (χ4v) is 11.2. The van der Waals surface area contributed by atoms with E-state index in [9.17, 15) is 0 Å². The van der Waals surface area contributed by atoms with Gasteiger partial charge in [-0.15, -0.1) is 0 Å². The largest absolute Gasteiger partial charge is 0.396 e. The van der Waals surface area contributed by atoms with Gasteiger partial charge in [0.05, 0.1) is 44.3 Å². The van der Waals surface area contributed by atoms with E-state index >= 15 is 0 Å². The maximum atomic E-state index is 6.70. The Labute approximate surface area is 390 Å². The normalized spacial score (nSPS) is 12.7. The number of nitrogen functional groups attached to an aromatic ring is 1. The van der Waals surface area contributed by atoms with Gasteiger partial charge >= 0.3 is 0 Å². The van der Waals surface area contributed by atoms with Crippen LogP contribution in [0.2, 0.25) is 0 Å². The molecule has 0 fully saturated rings. The highest BCUT2D eigenvalue weighted by Gasteiger charge is 2.26. The number of hydrogen-bond acceptors (Lipinski definition) is 6. The van der Waals surface area contributed by atoms with Crippen molar-refractivity contribution in [2.24, 2.45) is 0 Å². The second-order valence-corrected chi connectivity index (χ2v) is 17.8. The molecule has 1 aliphatic rings. The molecule has 13 aromatic rings. The quantitative estimate of drug-likeness (QED) is 0.137. The van der Waals surface area contributed by atoms with Gasteiger partial charge in [-0.2, -0.15) is 0 Å². The number of nitrogens with zero attached hydrogens (tertiary/aromatic N) is 7. The summed E-state index contributed by atoms with van der Waals surface area (Å²) >= 11 is 0. The summed E-state index contributed by atoms with van der Waals surface area (Å²) in [5.41, 5.74) is 25.2. The maximum absolute atomic E-state index is 6.70. The first-order valence-corrected chi connectivity index (χ1v) is 23.1. The molecule has 0 radical (unpaired) electrons. The molecule has 8 heteroatoms. The van der Waals surface area contributed by atoms with Crippen molar-refractivity contribution >= 4 is 88.1 Å². The van der Waals surface area contributed by atoms with Crippen LogP contribution in [0.3, 0.4) is 0 Å². The molecule has 320 valence electrons. The molecule has 7 heterocycles. The standard InChI is InChI=1S/C60H40N8/c1-2-10-38-32-45(41-12-8-27-65-58(41)56(38)61)37-17-22-51-49(30-37)50-31-35-16-19-43-40(47(35)34-53(50)67(51)54-14-3-5-24-62-54)20-21-44-48-29-36(18-23-52(48)68(60(43)44)55-15-4-6-25-63-55)46-33-39-11-7-26-64-57(39)59-42(46)13-9-28-66-59/h2-15,17-18,20-34H,16,19,61H2,1H3/b10-2-. The van der Waals surface area contributed by atoms with Gasteiger partial charge in [0.2, 0.25) is 0 Å². The number of fused-ring (bicyclic) bond motifs is 14. The van der Waals surface area contributed by atoms with Crippen LogP contribution in [0.1, 0.15) is 23.6 Å². The molecular formula is C60H40N8. The van der Waals surface area contributed by atoms with E-state index < -0.39 is 0 Å². The summed E-state index contributed by atoms with van der Waals surface area (Å²) in [7, 11) is 0. The predicted molar refractivity (Wildman–Crippen MR) is 279 cm³/mol. The molecule has 6 aromatic carbocycles. The zero-order valence-electron chi connectivity index (χ0n) is 37.0. The molecule has 0 saturated carbocycles. The number of allylic oxidation sites excluding steroid dienone is 1. The molecule has 0 unspecified atom stereocenters. The minimum Gasteiger partial charge on any atom is -0.396 e. The number of rotatable bonds is 5. The highest BCUT2D eigenvalue weighted by Crippen LogP contribution is 2.47. The Morgan fingerprint density at radius 2 is 1.09 bits per heavy atom. The van der Waals surface area contributed by atoms with Gasteiger partial charge in [-0.3, -0.25) is 24.1 Å². The zero-order valence-corrected chi connectivity index (χ0v) is 37.0. The van der Waals surface area contributed by atoms with E-state index in [1.807, 2.05) is 74.3 Å². The van der Waals surface area contributed by atoms with Crippen LogP contribution >= 0.6 is 0 Å². The van der Waals surface area contributed by atoms with E-state index in [4.69, 9.17) is 30.7 Å². The summed E-state index contributed by atoms with van der Waals surface area (Å²) in [4.78, 5) is 24.2. The smallest absolute Gasteiger partial charge is 0.137 e. The minimum absolute atomic E-state index is 0.690. The lowest BCUT2D eigenvalue weighted by Crippen LogP contribution is -2.07. The molecule has 7 aromatic heterocycles. The van der Waals surface area contributed by atoms with Gasteiger partial charge in [-0.25, -0.2) is 9.97 Å². The average molecular weight is 873 g/mol. The third kappa shape index (κ3) is 5.58. The van der Waals surface area contributed by atoms with Gasteiger partial charge in [0, 0.05) is 68.7 Å². The lowest BCUT2D eigenvalue weighted by Gasteiger charge is -2.22. The number of anilines is 1. The summed E-state index contributed by atoms with van der Waals surface area (Å²) < 4.78 is 4.70. The van der Waals surface area contributed by atoms with E-state index in [1.165, 1.54) is 49.3 Å². The number of pyridine rings is 5. The molecule has 68 heavy (non-hydrogen) atoms. The van der Waals surface area contributed by atoms with Crippen molar-refractivity contribution in [1.29, 1.82) is 0 Å². The molecule has 0 bridgehead atoms. The third-order valence-electron chi connectivity index (χ3n) is 14.1. The van der Waals surface area contributed by atoms with Crippen molar-refractivity contribution in [3.63, 3.8) is 0 Å². The lowest BCUT2D eigenvalue weighted by molar-refractivity contribution is 0.941. The van der Waals surface area contributed by atoms with Crippen molar-refractivity contribution in [2.75, 3.05) is 5.73 Å². The van der Waals surface area contributed by atoms with Crippen molar-refractivity contribution in [1.82, 2.24) is 34.1 Å². The molecule has 0 spiro atoms. The fourth-order valence-electron chi connectivity index (χ4n) is 11.2. The average Bonchev–Trinajstić information content (AvgIpc) is 3.90. The Hall–Kier alpha value is -9.01. The first-order valence-electron chi connectivity index (χ1n) is 23.1. The lowest BCUT2D eigenvalue weighted by atomic mass is 9.83. The van der Waals surface area contributed by atoms with E-state index in [0.717, 1.165) is 102 Å². The summed E-state index contributed by atoms with van der Waals surface area (Å²) in [6.07, 6.45) is 15.2. The maximum Gasteiger partial charge on any atom is 0.137 e. The Kier molecular flexibility index (Phi) is 8.30. The van der Waals surface area contributed by atoms with Crippen molar-refractivity contribution in [3.05, 3.63) is 199 Å². The van der Waals surface area contributed by atoms with Crippen LogP contribution in [0.15, 0.2) is 183 Å². The van der Waals surface area contributed by atoms with Crippen molar-refractivity contribution in [3.8, 4) is 45.0 Å². The van der Waals surface area contributed by atoms with Crippen LogP contribution in [0, 0.1) is 0 Å². The van der Waals surface area contributed by atoms with Gasteiger partial charge in [-0.05, 0) is 161 Å². The molecule has 0 aliphatic heterocycles. The summed E-state index contributed by atoms with van der Waals surface area (Å²) in [5.74, 6) is 1.77. The van der Waals surface area contributed by atoms with Crippen LogP contribution in [-0.4, -0.2) is 34.1 Å². The second-order valence-electron chi connectivity index (χ2n) is 17.8. The summed E-state index contributed by atoms with van der Waals surface area (Å²) in [6.45, 7) is 2.02. The summed E-state index contributed by atoms with van der Waals surface area (Å²) in [6, 6.07) is 52.4. The van der Waals surface area contributed by atoms with Gasteiger partial charge in [-0.1, -0.05) is 66.7 Å². The van der Waals surface area contributed by atoms with E-state index in [2.05, 4.69) is 130 Å². The molecule has 0 amide bonds. The highest BCUT2D eigenvalue weighted by molar-refractivity contribution is 6.17. The molecule has 0 atom stereocenters. The second kappa shape index (κ2) is 14.8. The molecule has 0 saturated heterocycles. The van der Waals surface area contributed by atoms with Gasteiger partial charge in [0.1, 0.15) is 11.6 Å². The van der Waals surface area contributed by atoms with Crippen molar-refractivity contribution in [2.45, 2.75) is 19.8 Å². The number of hydrogen-bond donors (Lipinski definition) is 1. The Bertz CT molecular complexity index is 4280. The van der Waals surface area contributed by atoms with E-state index in [1.54, 1.807) is 0 Å². The predicted octanol–water partition coefficient (Wildman–Crippen LogP) is 14.0. The Balaban J connectivity index is 0.999. The van der Waals surface area contributed by atoms with E-state index in [-0.39, 0.29) is 0 Å². The molecule has 1 aliphatic carbocycles. The first kappa shape index (κ1) is 38.3. The number of nitrogens with two attached hydrogens (primary N) is 1. The molecule has 14 rings (SSSR count). The highest BCUT2D eigenvalue weighted by atomic mass is 15.1. The molecule has 2 N–H and O–H groups in total. The molecular weight excluding hydrogens is 833 g/mol. The van der Waals surface area contributed by atoms with Crippen LogP contribution in [-0.2, 0) is 12.8 Å². The van der Waals surface area contributed by atoms with Gasteiger partial charge in [0.25, 0.3) is 0 Å². The molecule has 8 nitrogen and oxygen atoms in total. The van der Waals surface area contributed by atoms with Crippen LogP contribution in [0.25, 0.3) is 127 Å². The summed E-state index contributed by atoms with van der Waals surface area (Å²) in [5, 5.41) is 7.95. The Morgan fingerprint density at radius 1 is 0.456 bits per heavy atom. The van der Waals surface area contributed by atoms with E-state index in [0.29, 0.717) is 5.69 Å². The Morgan fingerprint density at radius 3 is 1.82 bits per heavy atom. The number of aryl methyl sites for hydroxylation is 2. The van der Waals surface area contributed by atoms with Gasteiger partial charge in [0.15, 0.2) is 0 Å². The van der Waals surface area contributed by atoms with Crippen LogP contribution < -0.4 is 5.73 Å².